The van der Waals surface area contributed by atoms with Crippen molar-refractivity contribution in [1.82, 2.24) is 0 Å². The van der Waals surface area contributed by atoms with Gasteiger partial charge in [0, 0.05) is 5.56 Å². The minimum atomic E-state index is 0.596. The molecule has 1 aromatic carbocycles. The number of rotatable bonds is 4. The molecule has 2 rings (SSSR count). The standard InChI is InChI=1S/C15H20NO/c1-2-17-16-12-14-10-6-7-11-15(14)13-8-4-3-5-9-13/h6-7,10-11,13H,2-5,8-9H2,1H3. The van der Waals surface area contributed by atoms with Gasteiger partial charge in [-0.05, 0) is 31.2 Å². The minimum Gasteiger partial charge on any atom is -0.396 e. The molecule has 0 heterocycles. The van der Waals surface area contributed by atoms with E-state index in [9.17, 15) is 0 Å². The van der Waals surface area contributed by atoms with Crippen molar-refractivity contribution in [3.8, 4) is 0 Å². The summed E-state index contributed by atoms with van der Waals surface area (Å²) in [7, 11) is 0. The first-order chi connectivity index (χ1) is 8.42. The SMILES string of the molecule is CCO/N=[C]/c1ccccc1C1CCCCC1. The summed E-state index contributed by atoms with van der Waals surface area (Å²) in [5.41, 5.74) is 2.48. The highest BCUT2D eigenvalue weighted by Gasteiger charge is 2.17. The Morgan fingerprint density at radius 2 is 2.00 bits per heavy atom. The van der Waals surface area contributed by atoms with E-state index in [2.05, 4.69) is 29.6 Å². The molecule has 1 aromatic rings. The van der Waals surface area contributed by atoms with Crippen molar-refractivity contribution in [1.29, 1.82) is 0 Å². The number of hydrogen-bond donors (Lipinski definition) is 0. The maximum Gasteiger partial charge on any atom is 0.139 e. The van der Waals surface area contributed by atoms with Crippen LogP contribution in [0, 0.1) is 0 Å². The van der Waals surface area contributed by atoms with Gasteiger partial charge in [0.05, 0.1) is 0 Å². The number of hydrogen-bond acceptors (Lipinski definition) is 2. The smallest absolute Gasteiger partial charge is 0.139 e. The second-order valence-corrected chi connectivity index (χ2v) is 4.54. The molecule has 1 fully saturated rings. The van der Waals surface area contributed by atoms with E-state index in [0.717, 1.165) is 5.56 Å². The molecule has 1 aliphatic rings. The van der Waals surface area contributed by atoms with Crippen LogP contribution in [0.3, 0.4) is 0 Å². The molecule has 0 spiro atoms. The molecule has 17 heavy (non-hydrogen) atoms. The lowest BCUT2D eigenvalue weighted by molar-refractivity contribution is 0.160. The molecule has 2 heteroatoms. The molecule has 0 unspecified atom stereocenters. The summed E-state index contributed by atoms with van der Waals surface area (Å²) in [6, 6.07) is 8.43. The van der Waals surface area contributed by atoms with E-state index in [0.29, 0.717) is 12.5 Å². The van der Waals surface area contributed by atoms with E-state index in [1.54, 1.807) is 0 Å². The molecule has 0 bridgehead atoms. The zero-order valence-electron chi connectivity index (χ0n) is 10.5. The van der Waals surface area contributed by atoms with Crippen LogP contribution in [0.4, 0.5) is 0 Å². The van der Waals surface area contributed by atoms with E-state index < -0.39 is 0 Å². The fourth-order valence-electron chi connectivity index (χ4n) is 2.51. The van der Waals surface area contributed by atoms with Crippen LogP contribution in [0.1, 0.15) is 56.1 Å². The van der Waals surface area contributed by atoms with Gasteiger partial charge in [0.1, 0.15) is 12.8 Å². The minimum absolute atomic E-state index is 0.596. The van der Waals surface area contributed by atoms with Crippen LogP contribution >= 0.6 is 0 Å². The first-order valence-corrected chi connectivity index (χ1v) is 6.58. The van der Waals surface area contributed by atoms with Gasteiger partial charge in [0.2, 0.25) is 0 Å². The third kappa shape index (κ3) is 3.32. The third-order valence-corrected chi connectivity index (χ3v) is 3.37. The molecule has 0 atom stereocenters. The summed E-state index contributed by atoms with van der Waals surface area (Å²) >= 11 is 0. The van der Waals surface area contributed by atoms with Gasteiger partial charge in [0.25, 0.3) is 0 Å². The van der Waals surface area contributed by atoms with Gasteiger partial charge >= 0.3 is 0 Å². The van der Waals surface area contributed by atoms with Crippen molar-refractivity contribution in [3.05, 3.63) is 35.4 Å². The van der Waals surface area contributed by atoms with Crippen LogP contribution in [-0.2, 0) is 4.84 Å². The summed E-state index contributed by atoms with van der Waals surface area (Å²) in [6.45, 7) is 2.52. The normalized spacial score (nSPS) is 17.5. The number of benzene rings is 1. The van der Waals surface area contributed by atoms with Crippen molar-refractivity contribution in [2.45, 2.75) is 44.9 Å². The quantitative estimate of drug-likeness (QED) is 0.566. The Balaban J connectivity index is 2.14. The molecule has 0 N–H and O–H groups in total. The van der Waals surface area contributed by atoms with Crippen molar-refractivity contribution >= 4 is 6.21 Å². The second kappa shape index (κ2) is 6.43. The van der Waals surface area contributed by atoms with Gasteiger partial charge in [-0.25, -0.2) is 0 Å². The summed E-state index contributed by atoms with van der Waals surface area (Å²) in [6.07, 6.45) is 9.69. The van der Waals surface area contributed by atoms with Crippen molar-refractivity contribution in [2.24, 2.45) is 5.16 Å². The topological polar surface area (TPSA) is 21.6 Å². The molecule has 0 aliphatic heterocycles. The highest BCUT2D eigenvalue weighted by atomic mass is 16.6. The summed E-state index contributed by atoms with van der Waals surface area (Å²) < 4.78 is 0. The van der Waals surface area contributed by atoms with E-state index in [1.807, 2.05) is 13.0 Å². The Morgan fingerprint density at radius 3 is 2.76 bits per heavy atom. The summed E-state index contributed by atoms with van der Waals surface area (Å²) in [5, 5.41) is 3.87. The average molecular weight is 230 g/mol. The maximum absolute atomic E-state index is 4.99. The maximum atomic E-state index is 4.99. The molecular formula is C15H20NO. The lowest BCUT2D eigenvalue weighted by Crippen LogP contribution is -2.07. The molecule has 0 saturated heterocycles. The Morgan fingerprint density at radius 1 is 1.24 bits per heavy atom. The summed E-state index contributed by atoms with van der Waals surface area (Å²) in [5.74, 6) is 0.685. The van der Waals surface area contributed by atoms with Crippen molar-refractivity contribution in [3.63, 3.8) is 0 Å². The van der Waals surface area contributed by atoms with Crippen LogP contribution in [0.2, 0.25) is 0 Å². The third-order valence-electron chi connectivity index (χ3n) is 3.37. The highest BCUT2D eigenvalue weighted by molar-refractivity contribution is 5.81. The summed E-state index contributed by atoms with van der Waals surface area (Å²) in [4.78, 5) is 4.99. The van der Waals surface area contributed by atoms with Gasteiger partial charge in [-0.15, -0.1) is 0 Å². The lowest BCUT2D eigenvalue weighted by atomic mass is 9.82. The largest absolute Gasteiger partial charge is 0.396 e. The van der Waals surface area contributed by atoms with Crippen molar-refractivity contribution < 1.29 is 4.84 Å². The predicted octanol–water partition coefficient (Wildman–Crippen LogP) is 3.98. The van der Waals surface area contributed by atoms with Crippen LogP contribution in [0.25, 0.3) is 0 Å². The van der Waals surface area contributed by atoms with Gasteiger partial charge < -0.3 is 4.84 Å². The molecule has 1 saturated carbocycles. The molecule has 1 radical (unpaired) electrons. The Bertz CT molecular complexity index is 367. The molecular weight excluding hydrogens is 210 g/mol. The second-order valence-electron chi connectivity index (χ2n) is 4.54. The lowest BCUT2D eigenvalue weighted by Gasteiger charge is -2.23. The Kier molecular flexibility index (Phi) is 4.60. The fraction of sp³-hybridized carbons (Fsp3) is 0.533. The first kappa shape index (κ1) is 12.2. The average Bonchev–Trinajstić information content (AvgIpc) is 2.41. The van der Waals surface area contributed by atoms with Crippen LogP contribution in [-0.4, -0.2) is 12.8 Å². The zero-order valence-corrected chi connectivity index (χ0v) is 10.5. The molecule has 0 aromatic heterocycles. The first-order valence-electron chi connectivity index (χ1n) is 6.58. The van der Waals surface area contributed by atoms with E-state index >= 15 is 0 Å². The van der Waals surface area contributed by atoms with E-state index in [4.69, 9.17) is 4.84 Å². The molecule has 91 valence electrons. The monoisotopic (exact) mass is 230 g/mol. The molecule has 1 aliphatic carbocycles. The number of nitrogens with zero attached hydrogens (tertiary/aromatic N) is 1. The Hall–Kier alpha value is -1.31. The van der Waals surface area contributed by atoms with Gasteiger partial charge in [-0.1, -0.05) is 48.7 Å². The zero-order chi connectivity index (χ0) is 11.9. The molecule has 2 nitrogen and oxygen atoms in total. The van der Waals surface area contributed by atoms with Gasteiger partial charge in [0.15, 0.2) is 0 Å². The predicted molar refractivity (Wildman–Crippen MR) is 70.4 cm³/mol. The van der Waals surface area contributed by atoms with Crippen LogP contribution < -0.4 is 0 Å². The van der Waals surface area contributed by atoms with E-state index in [1.165, 1.54) is 37.7 Å². The van der Waals surface area contributed by atoms with Gasteiger partial charge in [-0.3, -0.25) is 0 Å². The van der Waals surface area contributed by atoms with Gasteiger partial charge in [-0.2, -0.15) is 0 Å². The van der Waals surface area contributed by atoms with E-state index in [-0.39, 0.29) is 0 Å². The van der Waals surface area contributed by atoms with Crippen LogP contribution in [0.5, 0.6) is 0 Å². The Labute approximate surface area is 104 Å². The van der Waals surface area contributed by atoms with Crippen molar-refractivity contribution in [2.75, 3.05) is 6.61 Å². The molecule has 0 amide bonds. The fourth-order valence-corrected chi connectivity index (χ4v) is 2.51. The van der Waals surface area contributed by atoms with Crippen LogP contribution in [0.15, 0.2) is 29.4 Å². The highest BCUT2D eigenvalue weighted by Crippen LogP contribution is 2.33.